The summed E-state index contributed by atoms with van der Waals surface area (Å²) >= 11 is 6.15. The molecule has 0 aromatic heterocycles. The minimum Gasteiger partial charge on any atom is -0.494 e. The normalized spacial score (nSPS) is 11.1. The first kappa shape index (κ1) is 21.1. The van der Waals surface area contributed by atoms with Crippen LogP contribution in [0.2, 0.25) is 5.02 Å². The molecular formula is C19H22ClNO5S. The summed E-state index contributed by atoms with van der Waals surface area (Å²) in [5.74, 6) is -0.0845. The van der Waals surface area contributed by atoms with E-state index in [1.807, 2.05) is 6.92 Å². The summed E-state index contributed by atoms with van der Waals surface area (Å²) in [4.78, 5) is 12.1. The van der Waals surface area contributed by atoms with Gasteiger partial charge in [-0.1, -0.05) is 17.7 Å². The molecule has 2 rings (SSSR count). The van der Waals surface area contributed by atoms with E-state index in [4.69, 9.17) is 21.1 Å². The number of benzene rings is 2. The SMILES string of the molecule is CCOC(=O)CN(c1cccc(Cl)c1C)S(=O)(=O)c1ccc(OCC)cc1. The van der Waals surface area contributed by atoms with Crippen molar-refractivity contribution in [2.75, 3.05) is 24.1 Å². The first-order chi connectivity index (χ1) is 12.8. The van der Waals surface area contributed by atoms with Crippen molar-refractivity contribution in [3.05, 3.63) is 53.1 Å². The molecule has 0 saturated carbocycles. The number of carbonyl (C=O) groups is 1. The average molecular weight is 412 g/mol. The highest BCUT2D eigenvalue weighted by molar-refractivity contribution is 7.92. The van der Waals surface area contributed by atoms with E-state index in [0.717, 1.165) is 4.31 Å². The smallest absolute Gasteiger partial charge is 0.326 e. The summed E-state index contributed by atoms with van der Waals surface area (Å²) in [6.45, 7) is 5.38. The number of anilines is 1. The molecule has 8 heteroatoms. The second-order valence-corrected chi connectivity index (χ2v) is 7.87. The highest BCUT2D eigenvalue weighted by Gasteiger charge is 2.29. The number of ether oxygens (including phenoxy) is 2. The van der Waals surface area contributed by atoms with E-state index >= 15 is 0 Å². The number of carbonyl (C=O) groups excluding carboxylic acids is 1. The Hall–Kier alpha value is -2.25. The second kappa shape index (κ2) is 9.10. The van der Waals surface area contributed by atoms with Gasteiger partial charge in [-0.2, -0.15) is 0 Å². The Morgan fingerprint density at radius 1 is 1.07 bits per heavy atom. The van der Waals surface area contributed by atoms with Gasteiger partial charge in [0.05, 0.1) is 23.8 Å². The lowest BCUT2D eigenvalue weighted by atomic mass is 10.2. The van der Waals surface area contributed by atoms with Gasteiger partial charge in [0.1, 0.15) is 12.3 Å². The summed E-state index contributed by atoms with van der Waals surface area (Å²) in [7, 11) is -4.02. The Morgan fingerprint density at radius 2 is 1.74 bits per heavy atom. The Labute approximate surface area is 164 Å². The molecule has 6 nitrogen and oxygen atoms in total. The molecule has 0 atom stereocenters. The molecule has 27 heavy (non-hydrogen) atoms. The van der Waals surface area contributed by atoms with Gasteiger partial charge in [-0.3, -0.25) is 9.10 Å². The van der Waals surface area contributed by atoms with Crippen LogP contribution in [0.1, 0.15) is 19.4 Å². The molecule has 0 aliphatic heterocycles. The minimum absolute atomic E-state index is 0.0367. The van der Waals surface area contributed by atoms with E-state index in [0.29, 0.717) is 28.6 Å². The second-order valence-electron chi connectivity index (χ2n) is 5.61. The zero-order valence-corrected chi connectivity index (χ0v) is 17.0. The van der Waals surface area contributed by atoms with E-state index < -0.39 is 22.5 Å². The van der Waals surface area contributed by atoms with Crippen LogP contribution in [0.3, 0.4) is 0 Å². The lowest BCUT2D eigenvalue weighted by Gasteiger charge is -2.25. The van der Waals surface area contributed by atoms with Crippen molar-refractivity contribution in [2.45, 2.75) is 25.7 Å². The summed E-state index contributed by atoms with van der Waals surface area (Å²) in [5.41, 5.74) is 0.877. The molecule has 2 aromatic rings. The predicted molar refractivity (Wildman–Crippen MR) is 105 cm³/mol. The molecule has 146 valence electrons. The minimum atomic E-state index is -4.02. The summed E-state index contributed by atoms with van der Waals surface area (Å²) < 4.78 is 37.8. The van der Waals surface area contributed by atoms with Gasteiger partial charge in [-0.15, -0.1) is 0 Å². The molecule has 0 fully saturated rings. The molecule has 0 amide bonds. The Bertz CT molecular complexity index is 897. The molecule has 0 aliphatic carbocycles. The average Bonchev–Trinajstić information content (AvgIpc) is 2.63. The van der Waals surface area contributed by atoms with Crippen LogP contribution in [-0.4, -0.2) is 34.1 Å². The third-order valence-corrected chi connectivity index (χ3v) is 5.99. The van der Waals surface area contributed by atoms with E-state index in [2.05, 4.69) is 0 Å². The van der Waals surface area contributed by atoms with Crippen LogP contribution in [0.25, 0.3) is 0 Å². The van der Waals surface area contributed by atoms with Gasteiger partial charge in [-0.25, -0.2) is 8.42 Å². The molecular weight excluding hydrogens is 390 g/mol. The van der Waals surface area contributed by atoms with Crippen molar-refractivity contribution in [1.82, 2.24) is 0 Å². The molecule has 0 bridgehead atoms. The summed E-state index contributed by atoms with van der Waals surface area (Å²) in [6, 6.07) is 10.9. The molecule has 0 saturated heterocycles. The zero-order chi connectivity index (χ0) is 20.0. The van der Waals surface area contributed by atoms with E-state index in [1.165, 1.54) is 12.1 Å². The Balaban J connectivity index is 2.50. The first-order valence-corrected chi connectivity index (χ1v) is 10.3. The molecule has 2 aromatic carbocycles. The number of rotatable bonds is 8. The van der Waals surface area contributed by atoms with Crippen LogP contribution >= 0.6 is 11.6 Å². The molecule has 0 unspecified atom stereocenters. The summed E-state index contributed by atoms with van der Waals surface area (Å²) in [5, 5.41) is 0.406. The number of nitrogens with zero attached hydrogens (tertiary/aromatic N) is 1. The number of sulfonamides is 1. The summed E-state index contributed by atoms with van der Waals surface area (Å²) in [6.07, 6.45) is 0. The third kappa shape index (κ3) is 4.93. The first-order valence-electron chi connectivity index (χ1n) is 8.47. The van der Waals surface area contributed by atoms with Gasteiger partial charge in [0.2, 0.25) is 0 Å². The van der Waals surface area contributed by atoms with Crippen LogP contribution in [0.4, 0.5) is 5.69 Å². The van der Waals surface area contributed by atoms with Gasteiger partial charge in [0.15, 0.2) is 0 Å². The molecule has 0 aliphatic rings. The van der Waals surface area contributed by atoms with E-state index in [9.17, 15) is 13.2 Å². The molecule has 0 spiro atoms. The Kier molecular flexibility index (Phi) is 7.10. The third-order valence-electron chi connectivity index (χ3n) is 3.81. The highest BCUT2D eigenvalue weighted by Crippen LogP contribution is 2.31. The fourth-order valence-electron chi connectivity index (χ4n) is 2.49. The maximum absolute atomic E-state index is 13.2. The van der Waals surface area contributed by atoms with Gasteiger partial charge in [-0.05, 0) is 62.7 Å². The van der Waals surface area contributed by atoms with Crippen LogP contribution in [0.5, 0.6) is 5.75 Å². The lowest BCUT2D eigenvalue weighted by molar-refractivity contribution is -0.141. The van der Waals surface area contributed by atoms with Crippen molar-refractivity contribution in [3.8, 4) is 5.75 Å². The monoisotopic (exact) mass is 411 g/mol. The zero-order valence-electron chi connectivity index (χ0n) is 15.4. The maximum Gasteiger partial charge on any atom is 0.326 e. The van der Waals surface area contributed by atoms with Crippen molar-refractivity contribution in [1.29, 1.82) is 0 Å². The van der Waals surface area contributed by atoms with Gasteiger partial charge < -0.3 is 9.47 Å². The van der Waals surface area contributed by atoms with Crippen molar-refractivity contribution >= 4 is 33.3 Å². The van der Waals surface area contributed by atoms with Crippen molar-refractivity contribution < 1.29 is 22.7 Å². The lowest BCUT2D eigenvalue weighted by Crippen LogP contribution is -2.37. The Morgan fingerprint density at radius 3 is 2.33 bits per heavy atom. The van der Waals surface area contributed by atoms with Crippen LogP contribution in [0.15, 0.2) is 47.4 Å². The number of halogens is 1. The largest absolute Gasteiger partial charge is 0.494 e. The van der Waals surface area contributed by atoms with Gasteiger partial charge in [0, 0.05) is 5.02 Å². The highest BCUT2D eigenvalue weighted by atomic mass is 35.5. The van der Waals surface area contributed by atoms with Crippen molar-refractivity contribution in [3.63, 3.8) is 0 Å². The van der Waals surface area contributed by atoms with Crippen LogP contribution in [0, 0.1) is 6.92 Å². The number of esters is 1. The molecule has 0 heterocycles. The van der Waals surface area contributed by atoms with E-state index in [-0.39, 0.29) is 11.5 Å². The van der Waals surface area contributed by atoms with E-state index in [1.54, 1.807) is 44.2 Å². The standard InChI is InChI=1S/C19H22ClNO5S/c1-4-25-15-9-11-16(12-10-15)27(23,24)21(13-19(22)26-5-2)18-8-6-7-17(20)14(18)3/h6-12H,4-5,13H2,1-3H3. The maximum atomic E-state index is 13.2. The van der Waals surface area contributed by atoms with Gasteiger partial charge >= 0.3 is 5.97 Å². The molecule has 0 N–H and O–H groups in total. The fourth-order valence-corrected chi connectivity index (χ4v) is 4.13. The van der Waals surface area contributed by atoms with Crippen LogP contribution < -0.4 is 9.04 Å². The number of hydrogen-bond donors (Lipinski definition) is 0. The topological polar surface area (TPSA) is 72.9 Å². The fraction of sp³-hybridized carbons (Fsp3) is 0.316. The number of hydrogen-bond acceptors (Lipinski definition) is 5. The predicted octanol–water partition coefficient (Wildman–Crippen LogP) is 3.81. The van der Waals surface area contributed by atoms with Gasteiger partial charge in [0.25, 0.3) is 10.0 Å². The van der Waals surface area contributed by atoms with Crippen molar-refractivity contribution in [2.24, 2.45) is 0 Å². The van der Waals surface area contributed by atoms with Crippen LogP contribution in [-0.2, 0) is 19.6 Å². The molecule has 0 radical (unpaired) electrons. The quantitative estimate of drug-likeness (QED) is 0.617.